The second-order valence-electron chi connectivity index (χ2n) is 5.43. The molecule has 3 nitrogen and oxygen atoms in total. The number of hydrogen-bond donors (Lipinski definition) is 1. The van der Waals surface area contributed by atoms with Gasteiger partial charge in [0.1, 0.15) is 17.4 Å². The third-order valence-electron chi connectivity index (χ3n) is 3.59. The van der Waals surface area contributed by atoms with Crippen LogP contribution in [0.3, 0.4) is 0 Å². The number of hydrogen-bond acceptors (Lipinski definition) is 3. The predicted octanol–water partition coefficient (Wildman–Crippen LogP) is 4.96. The summed E-state index contributed by atoms with van der Waals surface area (Å²) in [5.74, 6) is -0.994. The zero-order valence-electron chi connectivity index (χ0n) is 13.4. The van der Waals surface area contributed by atoms with Crippen molar-refractivity contribution in [1.82, 2.24) is 5.32 Å². The number of nitrogens with one attached hydrogen (secondary N) is 1. The standard InChI is InChI=1S/C19H14ClF2NO2S/c20-15-10-14(22)7-8-16(15)25-11-18(24)23-19(17-2-1-9-26-17)12-3-5-13(21)6-4-12/h1-10,19H,11H2,(H,23,24)/t19-/m1/s1. The highest BCUT2D eigenvalue weighted by Crippen LogP contribution is 2.27. The lowest BCUT2D eigenvalue weighted by Gasteiger charge is -2.18. The molecule has 0 aliphatic heterocycles. The molecule has 1 N–H and O–H groups in total. The smallest absolute Gasteiger partial charge is 0.258 e. The van der Waals surface area contributed by atoms with Crippen LogP contribution in [0.4, 0.5) is 8.78 Å². The topological polar surface area (TPSA) is 38.3 Å². The Labute approximate surface area is 158 Å². The van der Waals surface area contributed by atoms with E-state index >= 15 is 0 Å². The van der Waals surface area contributed by atoms with Crippen LogP contribution in [-0.4, -0.2) is 12.5 Å². The molecule has 0 saturated carbocycles. The maximum Gasteiger partial charge on any atom is 0.258 e. The summed E-state index contributed by atoms with van der Waals surface area (Å²) < 4.78 is 31.6. The Morgan fingerprint density at radius 3 is 2.50 bits per heavy atom. The van der Waals surface area contributed by atoms with Crippen LogP contribution in [0.2, 0.25) is 5.02 Å². The first-order valence-electron chi connectivity index (χ1n) is 7.69. The van der Waals surface area contributed by atoms with Crippen molar-refractivity contribution in [2.45, 2.75) is 6.04 Å². The average Bonchev–Trinajstić information content (AvgIpc) is 3.14. The third-order valence-corrected chi connectivity index (χ3v) is 4.82. The molecule has 3 rings (SSSR count). The molecule has 2 aromatic carbocycles. The van der Waals surface area contributed by atoms with Crippen LogP contribution < -0.4 is 10.1 Å². The number of ether oxygens (including phenoxy) is 1. The Bertz CT molecular complexity index is 885. The molecule has 1 heterocycles. The molecule has 3 aromatic rings. The van der Waals surface area contributed by atoms with Gasteiger partial charge in [0.15, 0.2) is 6.61 Å². The number of amides is 1. The molecular formula is C19H14ClF2NO2S. The van der Waals surface area contributed by atoms with Gasteiger partial charge in [0, 0.05) is 4.88 Å². The molecule has 0 spiro atoms. The van der Waals surface area contributed by atoms with Crippen molar-refractivity contribution in [2.24, 2.45) is 0 Å². The van der Waals surface area contributed by atoms with Crippen molar-refractivity contribution >= 4 is 28.8 Å². The van der Waals surface area contributed by atoms with Crippen LogP contribution in [-0.2, 0) is 4.79 Å². The molecule has 0 bridgehead atoms. The van der Waals surface area contributed by atoms with E-state index in [4.69, 9.17) is 16.3 Å². The Hall–Kier alpha value is -2.44. The maximum atomic E-state index is 13.2. The van der Waals surface area contributed by atoms with E-state index in [1.165, 1.54) is 35.6 Å². The van der Waals surface area contributed by atoms with Crippen LogP contribution in [0.5, 0.6) is 5.75 Å². The molecule has 0 saturated heterocycles. The monoisotopic (exact) mass is 393 g/mol. The fraction of sp³-hybridized carbons (Fsp3) is 0.105. The van der Waals surface area contributed by atoms with E-state index in [0.29, 0.717) is 0 Å². The van der Waals surface area contributed by atoms with E-state index in [1.54, 1.807) is 12.1 Å². The third kappa shape index (κ3) is 4.59. The lowest BCUT2D eigenvalue weighted by Crippen LogP contribution is -2.33. The lowest BCUT2D eigenvalue weighted by molar-refractivity contribution is -0.123. The first kappa shape index (κ1) is 18.4. The van der Waals surface area contributed by atoms with E-state index < -0.39 is 11.9 Å². The van der Waals surface area contributed by atoms with Gasteiger partial charge in [-0.3, -0.25) is 4.79 Å². The van der Waals surface area contributed by atoms with Gasteiger partial charge < -0.3 is 10.1 Å². The van der Waals surface area contributed by atoms with Crippen molar-refractivity contribution < 1.29 is 18.3 Å². The van der Waals surface area contributed by atoms with Crippen LogP contribution >= 0.6 is 22.9 Å². The van der Waals surface area contributed by atoms with Gasteiger partial charge in [0.2, 0.25) is 0 Å². The molecule has 0 radical (unpaired) electrons. The van der Waals surface area contributed by atoms with Gasteiger partial charge in [-0.1, -0.05) is 29.8 Å². The molecule has 1 atom stereocenters. The summed E-state index contributed by atoms with van der Waals surface area (Å²) in [5, 5.41) is 4.85. The molecule has 1 amide bonds. The molecule has 134 valence electrons. The predicted molar refractivity (Wildman–Crippen MR) is 97.6 cm³/mol. The SMILES string of the molecule is O=C(COc1ccc(F)cc1Cl)N[C@H](c1ccc(F)cc1)c1cccs1. The van der Waals surface area contributed by atoms with Crippen molar-refractivity contribution in [3.63, 3.8) is 0 Å². The molecule has 7 heteroatoms. The minimum atomic E-state index is -0.485. The first-order chi connectivity index (χ1) is 12.5. The molecule has 0 unspecified atom stereocenters. The number of carbonyl (C=O) groups is 1. The first-order valence-corrected chi connectivity index (χ1v) is 8.95. The Balaban J connectivity index is 1.70. The fourth-order valence-electron chi connectivity index (χ4n) is 2.37. The summed E-state index contributed by atoms with van der Waals surface area (Å²) in [4.78, 5) is 13.2. The summed E-state index contributed by atoms with van der Waals surface area (Å²) in [6, 6.07) is 12.9. The fourth-order valence-corrected chi connectivity index (χ4v) is 3.39. The van der Waals surface area contributed by atoms with E-state index in [2.05, 4.69) is 5.32 Å². The van der Waals surface area contributed by atoms with Crippen molar-refractivity contribution in [3.05, 3.63) is 87.1 Å². The number of carbonyl (C=O) groups excluding carboxylic acids is 1. The van der Waals surface area contributed by atoms with Crippen LogP contribution in [0.15, 0.2) is 60.0 Å². The summed E-state index contributed by atoms with van der Waals surface area (Å²) in [6.07, 6.45) is 0. The molecule has 0 aliphatic carbocycles. The van der Waals surface area contributed by atoms with E-state index in [0.717, 1.165) is 16.5 Å². The second kappa shape index (κ2) is 8.29. The van der Waals surface area contributed by atoms with Crippen molar-refractivity contribution in [2.75, 3.05) is 6.61 Å². The number of halogens is 3. The van der Waals surface area contributed by atoms with Gasteiger partial charge in [-0.05, 0) is 47.3 Å². The van der Waals surface area contributed by atoms with E-state index in [9.17, 15) is 13.6 Å². The highest BCUT2D eigenvalue weighted by molar-refractivity contribution is 7.10. The highest BCUT2D eigenvalue weighted by Gasteiger charge is 2.18. The summed E-state index contributed by atoms with van der Waals surface area (Å²) in [6.45, 7) is -0.283. The zero-order valence-corrected chi connectivity index (χ0v) is 15.0. The minimum absolute atomic E-state index is 0.0890. The van der Waals surface area contributed by atoms with Gasteiger partial charge in [-0.2, -0.15) is 0 Å². The Morgan fingerprint density at radius 1 is 1.12 bits per heavy atom. The average molecular weight is 394 g/mol. The van der Waals surface area contributed by atoms with Crippen LogP contribution in [0.1, 0.15) is 16.5 Å². The van der Waals surface area contributed by atoms with Gasteiger partial charge in [0.25, 0.3) is 5.91 Å². The van der Waals surface area contributed by atoms with Gasteiger partial charge in [0.05, 0.1) is 11.1 Å². The maximum absolute atomic E-state index is 13.2. The Morgan fingerprint density at radius 2 is 1.85 bits per heavy atom. The van der Waals surface area contributed by atoms with Gasteiger partial charge in [-0.15, -0.1) is 11.3 Å². The molecule has 26 heavy (non-hydrogen) atoms. The molecular weight excluding hydrogens is 380 g/mol. The Kier molecular flexibility index (Phi) is 5.85. The largest absolute Gasteiger partial charge is 0.482 e. The van der Waals surface area contributed by atoms with Gasteiger partial charge >= 0.3 is 0 Å². The van der Waals surface area contributed by atoms with Crippen molar-refractivity contribution in [1.29, 1.82) is 0 Å². The quantitative estimate of drug-likeness (QED) is 0.642. The number of thiophene rings is 1. The van der Waals surface area contributed by atoms with Crippen LogP contribution in [0, 0.1) is 11.6 Å². The summed E-state index contributed by atoms with van der Waals surface area (Å²) >= 11 is 7.36. The molecule has 1 aromatic heterocycles. The second-order valence-corrected chi connectivity index (χ2v) is 6.82. The van der Waals surface area contributed by atoms with Crippen LogP contribution in [0.25, 0.3) is 0 Å². The number of rotatable bonds is 6. The molecule has 0 aliphatic rings. The summed E-state index contributed by atoms with van der Waals surface area (Å²) in [7, 11) is 0. The number of benzene rings is 2. The normalized spacial score (nSPS) is 11.8. The zero-order chi connectivity index (χ0) is 18.5. The minimum Gasteiger partial charge on any atom is -0.482 e. The molecule has 0 fully saturated rings. The van der Waals surface area contributed by atoms with Gasteiger partial charge in [-0.25, -0.2) is 8.78 Å². The lowest BCUT2D eigenvalue weighted by atomic mass is 10.1. The highest BCUT2D eigenvalue weighted by atomic mass is 35.5. The van der Waals surface area contributed by atoms with E-state index in [1.807, 2.05) is 17.5 Å². The van der Waals surface area contributed by atoms with Crippen molar-refractivity contribution in [3.8, 4) is 5.75 Å². The van der Waals surface area contributed by atoms with E-state index in [-0.39, 0.29) is 29.1 Å². The summed E-state index contributed by atoms with van der Waals surface area (Å²) in [5.41, 5.74) is 0.752.